The van der Waals surface area contributed by atoms with E-state index in [1.54, 1.807) is 6.08 Å². The largest absolute Gasteiger partial charge is 0.295 e. The zero-order valence-corrected chi connectivity index (χ0v) is 10.6. The van der Waals surface area contributed by atoms with Crippen LogP contribution in [0, 0.1) is 0 Å². The topological polar surface area (TPSA) is 17.1 Å². The van der Waals surface area contributed by atoms with Crippen molar-refractivity contribution in [2.75, 3.05) is 0 Å². The van der Waals surface area contributed by atoms with Crippen LogP contribution in [0.3, 0.4) is 0 Å². The van der Waals surface area contributed by atoms with Crippen LogP contribution in [0.4, 0.5) is 0 Å². The second-order valence-electron chi connectivity index (χ2n) is 3.57. The second kappa shape index (κ2) is 5.35. The fraction of sp³-hybridized carbons (Fsp3) is 0.231. The Bertz CT molecular complexity index is 392. The van der Waals surface area contributed by atoms with Crippen molar-refractivity contribution in [2.45, 2.75) is 16.8 Å². The van der Waals surface area contributed by atoms with Crippen LogP contribution in [0.5, 0.6) is 0 Å². The molecule has 1 atom stereocenters. The van der Waals surface area contributed by atoms with Gasteiger partial charge in [-0.2, -0.15) is 0 Å². The lowest BCUT2D eigenvalue weighted by Crippen LogP contribution is -2.08. The van der Waals surface area contributed by atoms with E-state index in [0.717, 1.165) is 12.8 Å². The molecule has 2 heteroatoms. The molecule has 1 unspecified atom stereocenters. The maximum atomic E-state index is 11.4. The summed E-state index contributed by atoms with van der Waals surface area (Å²) in [5.74, 6) is 0.282. The lowest BCUT2D eigenvalue weighted by Gasteiger charge is -2.08. The third kappa shape index (κ3) is 3.38. The number of hydrogen-bond acceptors (Lipinski definition) is 1. The SMILES string of the molecule is O=C1C=CC=IC(Cc2ccccc2)C1. The van der Waals surface area contributed by atoms with Crippen molar-refractivity contribution < 1.29 is 4.79 Å². The summed E-state index contributed by atoms with van der Waals surface area (Å²) in [7, 11) is 0. The van der Waals surface area contributed by atoms with Gasteiger partial charge in [0.05, 0.1) is 0 Å². The normalized spacial score (nSPS) is 20.8. The number of hydrogen-bond donors (Lipinski definition) is 0. The summed E-state index contributed by atoms with van der Waals surface area (Å²) in [5.41, 5.74) is 1.35. The Morgan fingerprint density at radius 2 is 2.07 bits per heavy atom. The van der Waals surface area contributed by atoms with Gasteiger partial charge in [-0.15, -0.1) is 20.7 Å². The van der Waals surface area contributed by atoms with E-state index in [2.05, 4.69) is 28.3 Å². The Kier molecular flexibility index (Phi) is 3.83. The molecule has 2 rings (SSSR count). The van der Waals surface area contributed by atoms with Crippen LogP contribution in [0.2, 0.25) is 0 Å². The third-order valence-electron chi connectivity index (χ3n) is 2.33. The molecule has 0 saturated heterocycles. The van der Waals surface area contributed by atoms with Gasteiger partial charge in [-0.25, -0.2) is 0 Å². The number of allylic oxidation sites excluding steroid dienone is 2. The van der Waals surface area contributed by atoms with Gasteiger partial charge in [-0.05, 0) is 22.1 Å². The van der Waals surface area contributed by atoms with Crippen molar-refractivity contribution in [3.8, 4) is 0 Å². The highest BCUT2D eigenvalue weighted by atomic mass is 127. The number of ketones is 1. The second-order valence-corrected chi connectivity index (χ2v) is 6.77. The van der Waals surface area contributed by atoms with Gasteiger partial charge < -0.3 is 0 Å². The number of carbonyl (C=O) groups excluding carboxylic acids is 1. The Balaban J connectivity index is 2.04. The van der Waals surface area contributed by atoms with Crippen molar-refractivity contribution in [1.82, 2.24) is 0 Å². The molecule has 0 N–H and O–H groups in total. The van der Waals surface area contributed by atoms with E-state index in [4.69, 9.17) is 0 Å². The molecule has 1 nitrogen and oxygen atoms in total. The molecule has 0 spiro atoms. The smallest absolute Gasteiger partial charge is 0.156 e. The van der Waals surface area contributed by atoms with Gasteiger partial charge in [-0.3, -0.25) is 4.79 Å². The first-order chi connectivity index (χ1) is 7.34. The quantitative estimate of drug-likeness (QED) is 0.606. The molecule has 0 radical (unpaired) electrons. The molecule has 0 amide bonds. The van der Waals surface area contributed by atoms with Crippen molar-refractivity contribution >= 4 is 30.5 Å². The van der Waals surface area contributed by atoms with Crippen LogP contribution in [-0.4, -0.2) is 13.7 Å². The average molecular weight is 312 g/mol. The highest BCUT2D eigenvalue weighted by Gasteiger charge is 2.12. The molecular weight excluding hydrogens is 299 g/mol. The van der Waals surface area contributed by atoms with Crippen molar-refractivity contribution in [3.63, 3.8) is 0 Å². The summed E-state index contributed by atoms with van der Waals surface area (Å²) in [4.78, 5) is 11.4. The molecule has 1 aromatic carbocycles. The molecule has 0 saturated carbocycles. The minimum atomic E-state index is 0.0357. The maximum Gasteiger partial charge on any atom is 0.156 e. The van der Waals surface area contributed by atoms with E-state index >= 15 is 0 Å². The summed E-state index contributed by atoms with van der Waals surface area (Å²) < 4.78 is 2.78. The van der Waals surface area contributed by atoms with E-state index in [-0.39, 0.29) is 26.5 Å². The molecule has 78 valence electrons. The van der Waals surface area contributed by atoms with Gasteiger partial charge >= 0.3 is 0 Å². The first-order valence-electron chi connectivity index (χ1n) is 5.03. The van der Waals surface area contributed by atoms with E-state index in [0.29, 0.717) is 3.92 Å². The van der Waals surface area contributed by atoms with Gasteiger partial charge in [0.2, 0.25) is 0 Å². The molecule has 1 aliphatic heterocycles. The van der Waals surface area contributed by atoms with E-state index in [1.165, 1.54) is 5.56 Å². The third-order valence-corrected chi connectivity index (χ3v) is 5.06. The van der Waals surface area contributed by atoms with E-state index < -0.39 is 0 Å². The highest BCUT2D eigenvalue weighted by molar-refractivity contribution is 14.2. The molecule has 0 bridgehead atoms. The fourth-order valence-corrected chi connectivity index (χ4v) is 4.09. The first-order valence-corrected chi connectivity index (χ1v) is 7.52. The minimum absolute atomic E-state index is 0.0357. The Morgan fingerprint density at radius 3 is 2.87 bits per heavy atom. The molecule has 1 heterocycles. The number of carbonyl (C=O) groups is 1. The Labute approximate surface area is 99.9 Å². The standard InChI is InChI=1S/C13H13IO/c15-13-7-4-8-14-12(10-13)9-11-5-2-1-3-6-11/h1-8,12H,9-10H2. The average Bonchev–Trinajstić information content (AvgIpc) is 2.44. The summed E-state index contributed by atoms with van der Waals surface area (Å²) in [6.07, 6.45) is 5.43. The Morgan fingerprint density at radius 1 is 1.27 bits per heavy atom. The fourth-order valence-electron chi connectivity index (χ4n) is 1.61. The molecule has 1 aliphatic rings. The number of rotatable bonds is 2. The van der Waals surface area contributed by atoms with Gasteiger partial charge in [-0.1, -0.05) is 36.4 Å². The van der Waals surface area contributed by atoms with Crippen LogP contribution in [-0.2, 0) is 11.2 Å². The van der Waals surface area contributed by atoms with Gasteiger partial charge in [0.25, 0.3) is 0 Å². The van der Waals surface area contributed by atoms with E-state index in [1.807, 2.05) is 12.1 Å². The summed E-state index contributed by atoms with van der Waals surface area (Å²) in [6.45, 7) is 0. The van der Waals surface area contributed by atoms with Crippen molar-refractivity contribution in [1.29, 1.82) is 0 Å². The highest BCUT2D eigenvalue weighted by Crippen LogP contribution is 2.20. The van der Waals surface area contributed by atoms with Crippen LogP contribution in [0.15, 0.2) is 42.5 Å². The predicted molar refractivity (Wildman–Crippen MR) is 72.8 cm³/mol. The van der Waals surface area contributed by atoms with Crippen LogP contribution in [0.1, 0.15) is 12.0 Å². The predicted octanol–water partition coefficient (Wildman–Crippen LogP) is 2.90. The Hall–Kier alpha value is -0.770. The molecule has 15 heavy (non-hydrogen) atoms. The van der Waals surface area contributed by atoms with Gasteiger partial charge in [0, 0.05) is 10.3 Å². The lowest BCUT2D eigenvalue weighted by molar-refractivity contribution is -0.114. The van der Waals surface area contributed by atoms with Crippen LogP contribution in [0.25, 0.3) is 0 Å². The van der Waals surface area contributed by atoms with Gasteiger partial charge in [0.15, 0.2) is 5.78 Å². The number of halogens is 1. The maximum absolute atomic E-state index is 11.4. The minimum Gasteiger partial charge on any atom is -0.295 e. The summed E-state index contributed by atoms with van der Waals surface area (Å²) in [5, 5.41) is 0. The van der Waals surface area contributed by atoms with Crippen molar-refractivity contribution in [2.24, 2.45) is 0 Å². The summed E-state index contributed by atoms with van der Waals surface area (Å²) in [6, 6.07) is 10.5. The van der Waals surface area contributed by atoms with E-state index in [9.17, 15) is 4.79 Å². The lowest BCUT2D eigenvalue weighted by atomic mass is 10.1. The number of alkyl halides is 1. The van der Waals surface area contributed by atoms with Crippen molar-refractivity contribution in [3.05, 3.63) is 48.0 Å². The zero-order valence-electron chi connectivity index (χ0n) is 8.40. The summed E-state index contributed by atoms with van der Waals surface area (Å²) >= 11 is 0.0357. The molecule has 0 aliphatic carbocycles. The molecule has 0 fully saturated rings. The van der Waals surface area contributed by atoms with Crippen LogP contribution < -0.4 is 0 Å². The molecular formula is C13H13IO. The number of benzene rings is 1. The van der Waals surface area contributed by atoms with Gasteiger partial charge in [0.1, 0.15) is 0 Å². The zero-order chi connectivity index (χ0) is 10.5. The first kappa shape index (κ1) is 10.7. The molecule has 1 aromatic rings. The monoisotopic (exact) mass is 312 g/mol. The molecule has 0 aromatic heterocycles. The van der Waals surface area contributed by atoms with Crippen LogP contribution >= 0.6 is 20.7 Å².